The lowest BCUT2D eigenvalue weighted by Crippen LogP contribution is -2.15. The standard InChI is InChI=1S/C19H17BrN4O3S/c1-12-9-13(2)23-19(22-12)24-28(26,27)17-6-4-16(5-7-17)21-11-14-10-15(20)3-8-18(14)25/h3-11,25H,1-2H3,(H,22,23,24). The van der Waals surface area contributed by atoms with Crippen molar-refractivity contribution in [1.82, 2.24) is 9.97 Å². The van der Waals surface area contributed by atoms with Crippen molar-refractivity contribution in [1.29, 1.82) is 0 Å². The number of aliphatic imine (C=N–C) groups is 1. The lowest BCUT2D eigenvalue weighted by atomic mass is 10.2. The highest BCUT2D eigenvalue weighted by molar-refractivity contribution is 9.10. The van der Waals surface area contributed by atoms with Crippen LogP contribution in [-0.2, 0) is 10.0 Å². The largest absolute Gasteiger partial charge is 0.507 e. The van der Waals surface area contributed by atoms with Crippen LogP contribution in [-0.4, -0.2) is 29.7 Å². The number of anilines is 1. The third-order valence-corrected chi connectivity index (χ3v) is 5.53. The molecule has 0 saturated carbocycles. The van der Waals surface area contributed by atoms with Crippen LogP contribution in [0.1, 0.15) is 17.0 Å². The second-order valence-electron chi connectivity index (χ2n) is 6.04. The number of phenolic OH excluding ortho intramolecular Hbond substituents is 1. The first-order valence-corrected chi connectivity index (χ1v) is 10.5. The molecule has 9 heteroatoms. The molecular formula is C19H17BrN4O3S. The van der Waals surface area contributed by atoms with E-state index in [4.69, 9.17) is 0 Å². The van der Waals surface area contributed by atoms with Gasteiger partial charge in [0.2, 0.25) is 5.95 Å². The molecule has 0 amide bonds. The molecule has 0 aliphatic carbocycles. The number of phenols is 1. The Labute approximate surface area is 171 Å². The minimum atomic E-state index is -3.82. The summed E-state index contributed by atoms with van der Waals surface area (Å²) in [5.41, 5.74) is 2.43. The summed E-state index contributed by atoms with van der Waals surface area (Å²) < 4.78 is 28.3. The number of nitrogens with one attached hydrogen (secondary N) is 1. The predicted octanol–water partition coefficient (Wildman–Crippen LogP) is 4.11. The molecule has 0 unspecified atom stereocenters. The molecule has 0 bridgehead atoms. The van der Waals surface area contributed by atoms with Gasteiger partial charge in [0, 0.05) is 27.6 Å². The van der Waals surface area contributed by atoms with Crippen molar-refractivity contribution < 1.29 is 13.5 Å². The van der Waals surface area contributed by atoms with Crippen LogP contribution in [0.2, 0.25) is 0 Å². The number of sulfonamides is 1. The topological polar surface area (TPSA) is 105 Å². The fourth-order valence-electron chi connectivity index (χ4n) is 2.43. The number of hydrogen-bond donors (Lipinski definition) is 2. The van der Waals surface area contributed by atoms with E-state index in [-0.39, 0.29) is 16.6 Å². The van der Waals surface area contributed by atoms with Crippen molar-refractivity contribution in [3.63, 3.8) is 0 Å². The fourth-order valence-corrected chi connectivity index (χ4v) is 3.76. The van der Waals surface area contributed by atoms with Crippen molar-refractivity contribution >= 4 is 43.8 Å². The van der Waals surface area contributed by atoms with Gasteiger partial charge < -0.3 is 5.11 Å². The third kappa shape index (κ3) is 4.93. The highest BCUT2D eigenvalue weighted by Crippen LogP contribution is 2.22. The number of rotatable bonds is 5. The van der Waals surface area contributed by atoms with Gasteiger partial charge >= 0.3 is 0 Å². The molecule has 1 aromatic heterocycles. The molecule has 7 nitrogen and oxygen atoms in total. The van der Waals surface area contributed by atoms with Crippen molar-refractivity contribution in [3.8, 4) is 5.75 Å². The molecule has 1 heterocycles. The Kier molecular flexibility index (Phi) is 5.76. The van der Waals surface area contributed by atoms with Crippen LogP contribution in [0.5, 0.6) is 5.75 Å². The second kappa shape index (κ2) is 8.07. The number of nitrogens with zero attached hydrogens (tertiary/aromatic N) is 3. The molecule has 2 aromatic carbocycles. The van der Waals surface area contributed by atoms with Crippen LogP contribution in [0.3, 0.4) is 0 Å². The number of halogens is 1. The second-order valence-corrected chi connectivity index (χ2v) is 8.63. The van der Waals surface area contributed by atoms with E-state index >= 15 is 0 Å². The van der Waals surface area contributed by atoms with Gasteiger partial charge in [-0.2, -0.15) is 0 Å². The molecule has 144 valence electrons. The zero-order valence-corrected chi connectivity index (χ0v) is 17.5. The molecule has 0 spiro atoms. The first kappa shape index (κ1) is 20.0. The average Bonchev–Trinajstić information content (AvgIpc) is 2.61. The van der Waals surface area contributed by atoms with Crippen LogP contribution in [0.4, 0.5) is 11.6 Å². The van der Waals surface area contributed by atoms with Gasteiger partial charge in [-0.05, 0) is 62.4 Å². The van der Waals surface area contributed by atoms with E-state index < -0.39 is 10.0 Å². The van der Waals surface area contributed by atoms with E-state index in [9.17, 15) is 13.5 Å². The molecule has 0 atom stereocenters. The number of aromatic nitrogens is 2. The molecule has 0 aliphatic heterocycles. The number of aromatic hydroxyl groups is 1. The van der Waals surface area contributed by atoms with Crippen LogP contribution >= 0.6 is 15.9 Å². The third-order valence-electron chi connectivity index (χ3n) is 3.70. The number of aryl methyl sites for hydroxylation is 2. The van der Waals surface area contributed by atoms with Crippen molar-refractivity contribution in [2.24, 2.45) is 4.99 Å². The first-order chi connectivity index (χ1) is 13.2. The summed E-state index contributed by atoms with van der Waals surface area (Å²) in [5.74, 6) is 0.133. The van der Waals surface area contributed by atoms with E-state index in [2.05, 4.69) is 35.6 Å². The summed E-state index contributed by atoms with van der Waals surface area (Å²) in [6.07, 6.45) is 1.51. The highest BCUT2D eigenvalue weighted by Gasteiger charge is 2.16. The number of benzene rings is 2. The van der Waals surface area contributed by atoms with Gasteiger partial charge in [0.05, 0.1) is 10.6 Å². The molecule has 0 aliphatic rings. The quantitative estimate of drug-likeness (QED) is 0.557. The maximum absolute atomic E-state index is 12.5. The highest BCUT2D eigenvalue weighted by atomic mass is 79.9. The Morgan fingerprint density at radius 3 is 2.32 bits per heavy atom. The summed E-state index contributed by atoms with van der Waals surface area (Å²) in [7, 11) is -3.82. The van der Waals surface area contributed by atoms with Gasteiger partial charge in [-0.3, -0.25) is 4.99 Å². The summed E-state index contributed by atoms with van der Waals surface area (Å²) in [4.78, 5) is 12.5. The zero-order chi connectivity index (χ0) is 20.3. The predicted molar refractivity (Wildman–Crippen MR) is 112 cm³/mol. The van der Waals surface area contributed by atoms with Crippen molar-refractivity contribution in [3.05, 3.63) is 70.0 Å². The fraction of sp³-hybridized carbons (Fsp3) is 0.105. The molecule has 3 aromatic rings. The van der Waals surface area contributed by atoms with Crippen LogP contribution in [0.25, 0.3) is 0 Å². The van der Waals surface area contributed by atoms with E-state index in [0.29, 0.717) is 22.6 Å². The maximum Gasteiger partial charge on any atom is 0.264 e. The van der Waals surface area contributed by atoms with E-state index in [0.717, 1.165) is 4.47 Å². The van der Waals surface area contributed by atoms with Gasteiger partial charge in [0.25, 0.3) is 10.0 Å². The van der Waals surface area contributed by atoms with Crippen molar-refractivity contribution in [2.75, 3.05) is 4.72 Å². The van der Waals surface area contributed by atoms with Crippen LogP contribution in [0.15, 0.2) is 62.9 Å². The van der Waals surface area contributed by atoms with E-state index in [1.807, 2.05) is 0 Å². The monoisotopic (exact) mass is 460 g/mol. The van der Waals surface area contributed by atoms with E-state index in [1.54, 1.807) is 50.2 Å². The van der Waals surface area contributed by atoms with Gasteiger partial charge in [0.15, 0.2) is 0 Å². The summed E-state index contributed by atoms with van der Waals surface area (Å²) in [6.45, 7) is 3.53. The van der Waals surface area contributed by atoms with Gasteiger partial charge in [-0.15, -0.1) is 0 Å². The van der Waals surface area contributed by atoms with Crippen LogP contribution in [0, 0.1) is 13.8 Å². The SMILES string of the molecule is Cc1cc(C)nc(NS(=O)(=O)c2ccc(N=Cc3cc(Br)ccc3O)cc2)n1. The van der Waals surface area contributed by atoms with Crippen LogP contribution < -0.4 is 4.72 Å². The van der Waals surface area contributed by atoms with Gasteiger partial charge in [0.1, 0.15) is 5.75 Å². The molecule has 0 saturated heterocycles. The maximum atomic E-state index is 12.5. The smallest absolute Gasteiger partial charge is 0.264 e. The normalized spacial score (nSPS) is 11.7. The minimum absolute atomic E-state index is 0.0322. The lowest BCUT2D eigenvalue weighted by Gasteiger charge is -2.08. The average molecular weight is 461 g/mol. The Balaban J connectivity index is 1.79. The molecule has 0 fully saturated rings. The molecule has 0 radical (unpaired) electrons. The van der Waals surface area contributed by atoms with Crippen molar-refractivity contribution in [2.45, 2.75) is 18.7 Å². The first-order valence-electron chi connectivity index (χ1n) is 8.21. The molecule has 28 heavy (non-hydrogen) atoms. The summed E-state index contributed by atoms with van der Waals surface area (Å²) in [6, 6.07) is 12.8. The summed E-state index contributed by atoms with van der Waals surface area (Å²) in [5, 5.41) is 9.83. The van der Waals surface area contributed by atoms with Gasteiger partial charge in [-0.25, -0.2) is 23.1 Å². The molecular weight excluding hydrogens is 444 g/mol. The Bertz CT molecular complexity index is 1130. The summed E-state index contributed by atoms with van der Waals surface area (Å²) >= 11 is 3.33. The Hall–Kier alpha value is -2.78. The van der Waals surface area contributed by atoms with Gasteiger partial charge in [-0.1, -0.05) is 15.9 Å². The molecule has 3 rings (SSSR count). The number of hydrogen-bond acceptors (Lipinski definition) is 6. The van der Waals surface area contributed by atoms with E-state index in [1.165, 1.54) is 18.3 Å². The zero-order valence-electron chi connectivity index (χ0n) is 15.1. The Morgan fingerprint density at radius 1 is 1.04 bits per heavy atom. The minimum Gasteiger partial charge on any atom is -0.507 e. The molecule has 2 N–H and O–H groups in total. The lowest BCUT2D eigenvalue weighted by molar-refractivity contribution is 0.474. The Morgan fingerprint density at radius 2 is 1.68 bits per heavy atom.